The first kappa shape index (κ1) is 24.9. The minimum absolute atomic E-state index is 0.357. The van der Waals surface area contributed by atoms with E-state index in [-0.39, 0.29) is 0 Å². The van der Waals surface area contributed by atoms with Crippen LogP contribution in [0, 0.1) is 0 Å². The number of hydrogen-bond acceptors (Lipinski definition) is 6. The normalized spacial score (nSPS) is 34.6. The van der Waals surface area contributed by atoms with Crippen molar-refractivity contribution in [3.05, 3.63) is 59.7 Å². The lowest BCUT2D eigenvalue weighted by molar-refractivity contribution is 0.202. The molecule has 0 spiro atoms. The molecule has 0 N–H and O–H groups in total. The van der Waals surface area contributed by atoms with Gasteiger partial charge in [-0.25, -0.2) is 0 Å². The summed E-state index contributed by atoms with van der Waals surface area (Å²) in [6.45, 7) is 11.3. The molecule has 0 bridgehead atoms. The molecule has 39 heavy (non-hydrogen) atoms. The van der Waals surface area contributed by atoms with E-state index in [1.807, 2.05) is 0 Å². The molecule has 6 aliphatic rings. The molecule has 8 heteroatoms. The van der Waals surface area contributed by atoms with Gasteiger partial charge in [-0.3, -0.25) is 8.97 Å². The average molecular weight is 537 g/mol. The van der Waals surface area contributed by atoms with Crippen LogP contribution < -0.4 is 8.97 Å². The standard InChI is InChI=1S/C31H40N2O6/c1-5-24(32(10-26-16-34-26,11-27-17-35-27)12-28-18-36-28)6-2-22(1)9-23-3-7-25(8-4-23)33(13-29-19-37-29,14-30-20-38-30)15-31-21-39-31/h1-8,26-31H,9-21H2/q+2. The maximum atomic E-state index is 5.68. The molecule has 6 aliphatic heterocycles. The van der Waals surface area contributed by atoms with Crippen molar-refractivity contribution in [2.24, 2.45) is 0 Å². The molecule has 0 radical (unpaired) electrons. The Morgan fingerprint density at radius 1 is 0.410 bits per heavy atom. The third-order valence-corrected chi connectivity index (χ3v) is 9.11. The zero-order valence-electron chi connectivity index (χ0n) is 22.6. The third-order valence-electron chi connectivity index (χ3n) is 9.11. The van der Waals surface area contributed by atoms with E-state index < -0.39 is 0 Å². The van der Waals surface area contributed by atoms with E-state index >= 15 is 0 Å². The van der Waals surface area contributed by atoms with Gasteiger partial charge in [0.05, 0.1) is 39.6 Å². The molecular formula is C31H40N2O6+2. The minimum Gasteiger partial charge on any atom is -0.367 e. The van der Waals surface area contributed by atoms with E-state index in [1.165, 1.54) is 22.5 Å². The summed E-state index contributed by atoms with van der Waals surface area (Å²) in [7, 11) is 0. The first-order valence-corrected chi connectivity index (χ1v) is 14.7. The van der Waals surface area contributed by atoms with Crippen molar-refractivity contribution in [1.82, 2.24) is 8.97 Å². The van der Waals surface area contributed by atoms with Gasteiger partial charge in [0.15, 0.2) is 0 Å². The third kappa shape index (κ3) is 6.24. The van der Waals surface area contributed by atoms with Gasteiger partial charge in [0, 0.05) is 0 Å². The lowest BCUT2D eigenvalue weighted by atomic mass is 10.0. The fourth-order valence-corrected chi connectivity index (χ4v) is 6.55. The molecule has 0 saturated carbocycles. The summed E-state index contributed by atoms with van der Waals surface area (Å²) in [6.07, 6.45) is 3.07. The second kappa shape index (κ2) is 9.89. The summed E-state index contributed by atoms with van der Waals surface area (Å²) < 4.78 is 35.9. The molecule has 208 valence electrons. The fourth-order valence-electron chi connectivity index (χ4n) is 6.55. The monoisotopic (exact) mass is 536 g/mol. The van der Waals surface area contributed by atoms with Crippen LogP contribution in [0.4, 0.5) is 11.4 Å². The Bertz CT molecular complexity index is 985. The van der Waals surface area contributed by atoms with E-state index in [4.69, 9.17) is 28.4 Å². The molecule has 6 atom stereocenters. The SMILES string of the molecule is c1cc([N+](CC2CO2)(CC2CO2)CC2CO2)ccc1Cc1ccc([N+](CC2CO2)(CC2CO2)CC2CO2)cc1. The van der Waals surface area contributed by atoms with Gasteiger partial charge >= 0.3 is 0 Å². The van der Waals surface area contributed by atoms with Crippen LogP contribution >= 0.6 is 0 Å². The molecular weight excluding hydrogens is 496 g/mol. The number of benzene rings is 2. The highest BCUT2D eigenvalue weighted by Crippen LogP contribution is 2.35. The van der Waals surface area contributed by atoms with E-state index in [0.717, 1.165) is 94.3 Å². The number of quaternary nitrogens is 2. The zero-order valence-corrected chi connectivity index (χ0v) is 22.6. The van der Waals surface area contributed by atoms with Crippen LogP contribution in [0.2, 0.25) is 0 Å². The van der Waals surface area contributed by atoms with Crippen molar-refractivity contribution in [1.29, 1.82) is 0 Å². The van der Waals surface area contributed by atoms with Gasteiger partial charge in [-0.05, 0) is 41.8 Å². The smallest absolute Gasteiger partial charge is 0.133 e. The maximum Gasteiger partial charge on any atom is 0.133 e. The van der Waals surface area contributed by atoms with Crippen LogP contribution in [0.25, 0.3) is 0 Å². The van der Waals surface area contributed by atoms with Crippen molar-refractivity contribution in [2.45, 2.75) is 43.0 Å². The maximum absolute atomic E-state index is 5.68. The van der Waals surface area contributed by atoms with Crippen molar-refractivity contribution < 1.29 is 28.4 Å². The Balaban J connectivity index is 0.994. The largest absolute Gasteiger partial charge is 0.367 e. The lowest BCUT2D eigenvalue weighted by Gasteiger charge is -2.37. The first-order valence-electron chi connectivity index (χ1n) is 14.7. The van der Waals surface area contributed by atoms with Crippen LogP contribution in [0.3, 0.4) is 0 Å². The van der Waals surface area contributed by atoms with Gasteiger partial charge in [0.2, 0.25) is 0 Å². The van der Waals surface area contributed by atoms with Crippen molar-refractivity contribution in [3.63, 3.8) is 0 Å². The van der Waals surface area contributed by atoms with Crippen LogP contribution in [0.15, 0.2) is 48.5 Å². The number of rotatable bonds is 16. The molecule has 0 amide bonds. The van der Waals surface area contributed by atoms with Gasteiger partial charge in [-0.1, -0.05) is 24.3 Å². The topological polar surface area (TPSA) is 75.2 Å². The number of hydrogen-bond donors (Lipinski definition) is 0. The van der Waals surface area contributed by atoms with Crippen LogP contribution in [0.5, 0.6) is 0 Å². The van der Waals surface area contributed by atoms with Gasteiger partial charge < -0.3 is 28.4 Å². The Morgan fingerprint density at radius 2 is 0.641 bits per heavy atom. The Morgan fingerprint density at radius 3 is 0.846 bits per heavy atom. The average Bonchev–Trinajstić information content (AvgIpc) is 3.72. The molecule has 8 nitrogen and oxygen atoms in total. The van der Waals surface area contributed by atoms with Crippen LogP contribution in [-0.4, -0.2) is 116 Å². The van der Waals surface area contributed by atoms with Gasteiger partial charge in [0.25, 0.3) is 0 Å². The van der Waals surface area contributed by atoms with E-state index in [2.05, 4.69) is 48.5 Å². The van der Waals surface area contributed by atoms with Gasteiger partial charge in [-0.2, -0.15) is 0 Å². The summed E-state index contributed by atoms with van der Waals surface area (Å²) in [5, 5.41) is 0. The molecule has 6 fully saturated rings. The second-order valence-electron chi connectivity index (χ2n) is 12.6. The Hall–Kier alpha value is -1.88. The van der Waals surface area contributed by atoms with Crippen molar-refractivity contribution in [2.75, 3.05) is 78.9 Å². The highest BCUT2D eigenvalue weighted by atomic mass is 16.6. The predicted octanol–water partition coefficient (Wildman–Crippen LogP) is 2.28. The molecule has 6 heterocycles. The number of epoxide rings is 6. The number of ether oxygens (including phenoxy) is 6. The van der Waals surface area contributed by atoms with Crippen LogP contribution in [0.1, 0.15) is 11.1 Å². The van der Waals surface area contributed by atoms with E-state index in [0.29, 0.717) is 36.6 Å². The van der Waals surface area contributed by atoms with Gasteiger partial charge in [0.1, 0.15) is 87.3 Å². The molecule has 0 aliphatic carbocycles. The van der Waals surface area contributed by atoms with E-state index in [9.17, 15) is 0 Å². The molecule has 0 aromatic heterocycles. The molecule has 6 saturated heterocycles. The zero-order chi connectivity index (χ0) is 25.9. The minimum atomic E-state index is 0.357. The summed E-state index contributed by atoms with van der Waals surface area (Å²) in [5.41, 5.74) is 5.37. The summed E-state index contributed by atoms with van der Waals surface area (Å²) in [5.74, 6) is 0. The highest BCUT2D eigenvalue weighted by molar-refractivity contribution is 5.49. The van der Waals surface area contributed by atoms with Gasteiger partial charge in [-0.15, -0.1) is 0 Å². The molecule has 6 unspecified atom stereocenters. The Kier molecular flexibility index (Phi) is 6.31. The van der Waals surface area contributed by atoms with E-state index in [1.54, 1.807) is 0 Å². The fraction of sp³-hybridized carbons (Fsp3) is 0.613. The lowest BCUT2D eigenvalue weighted by Crippen LogP contribution is -2.56. The summed E-state index contributed by atoms with van der Waals surface area (Å²) in [6, 6.07) is 18.6. The van der Waals surface area contributed by atoms with Crippen molar-refractivity contribution >= 4 is 11.4 Å². The number of nitrogens with zero attached hydrogens (tertiary/aromatic N) is 2. The Labute approximate surface area is 230 Å². The molecule has 2 aromatic rings. The second-order valence-corrected chi connectivity index (χ2v) is 12.6. The first-order chi connectivity index (χ1) is 19.1. The molecule has 8 rings (SSSR count). The molecule has 2 aromatic carbocycles. The predicted molar refractivity (Wildman–Crippen MR) is 147 cm³/mol. The highest BCUT2D eigenvalue weighted by Gasteiger charge is 2.48. The van der Waals surface area contributed by atoms with Crippen molar-refractivity contribution in [3.8, 4) is 0 Å². The quantitative estimate of drug-likeness (QED) is 0.242. The van der Waals surface area contributed by atoms with Crippen LogP contribution in [-0.2, 0) is 34.8 Å². The summed E-state index contributed by atoms with van der Waals surface area (Å²) in [4.78, 5) is 0. The summed E-state index contributed by atoms with van der Waals surface area (Å²) >= 11 is 0.